The zero-order chi connectivity index (χ0) is 9.68. The molecule has 0 aliphatic carbocycles. The lowest BCUT2D eigenvalue weighted by molar-refractivity contribution is 0.146. The third-order valence-electron chi connectivity index (χ3n) is 2.61. The second-order valence-corrected chi connectivity index (χ2v) is 6.30. The van der Waals surface area contributed by atoms with Crippen LogP contribution in [0.15, 0.2) is 0 Å². The monoisotopic (exact) mass is 220 g/mol. The van der Waals surface area contributed by atoms with Gasteiger partial charge in [-0.2, -0.15) is 23.5 Å². The minimum atomic E-state index is -0.0762. The van der Waals surface area contributed by atoms with Gasteiger partial charge < -0.3 is 5.11 Å². The summed E-state index contributed by atoms with van der Waals surface area (Å²) in [6.07, 6.45) is 2.09. The molecular weight excluding hydrogens is 200 g/mol. The average Bonchev–Trinajstić information content (AvgIpc) is 2.19. The van der Waals surface area contributed by atoms with Gasteiger partial charge in [0, 0.05) is 22.5 Å². The van der Waals surface area contributed by atoms with Crippen LogP contribution in [0.2, 0.25) is 0 Å². The molecule has 0 radical (unpaired) electrons. The molecule has 0 amide bonds. The van der Waals surface area contributed by atoms with E-state index >= 15 is 0 Å². The fraction of sp³-hybridized carbons (Fsp3) is 1.00. The zero-order valence-electron chi connectivity index (χ0n) is 8.53. The second kappa shape index (κ2) is 6.20. The highest BCUT2D eigenvalue weighted by Gasteiger charge is 2.23. The molecule has 78 valence electrons. The van der Waals surface area contributed by atoms with E-state index in [0.717, 1.165) is 12.2 Å². The van der Waals surface area contributed by atoms with Crippen LogP contribution in [0.4, 0.5) is 0 Å². The summed E-state index contributed by atoms with van der Waals surface area (Å²) in [5.41, 5.74) is 0. The molecule has 3 unspecified atom stereocenters. The van der Waals surface area contributed by atoms with Crippen molar-refractivity contribution in [3.8, 4) is 0 Å². The summed E-state index contributed by atoms with van der Waals surface area (Å²) in [5.74, 6) is 4.29. The Morgan fingerprint density at radius 3 is 2.77 bits per heavy atom. The summed E-state index contributed by atoms with van der Waals surface area (Å²) < 4.78 is 0. The van der Waals surface area contributed by atoms with Gasteiger partial charge in [-0.25, -0.2) is 0 Å². The van der Waals surface area contributed by atoms with Crippen molar-refractivity contribution in [3.05, 3.63) is 0 Å². The molecule has 1 saturated heterocycles. The molecule has 1 rings (SSSR count). The molecule has 3 atom stereocenters. The predicted octanol–water partition coefficient (Wildman–Crippen LogP) is 2.63. The Morgan fingerprint density at radius 2 is 2.23 bits per heavy atom. The Hall–Kier alpha value is 0.660. The fourth-order valence-electron chi connectivity index (χ4n) is 1.46. The van der Waals surface area contributed by atoms with E-state index in [4.69, 9.17) is 0 Å². The average molecular weight is 220 g/mol. The molecule has 0 aromatic carbocycles. The lowest BCUT2D eigenvalue weighted by Crippen LogP contribution is -2.30. The molecule has 3 heteroatoms. The lowest BCUT2D eigenvalue weighted by atomic mass is 10.00. The third-order valence-corrected chi connectivity index (χ3v) is 5.52. The molecule has 0 aromatic heterocycles. The van der Waals surface area contributed by atoms with Crippen LogP contribution in [0.3, 0.4) is 0 Å². The van der Waals surface area contributed by atoms with E-state index in [0.29, 0.717) is 11.2 Å². The Kier molecular flexibility index (Phi) is 5.60. The van der Waals surface area contributed by atoms with Gasteiger partial charge in [-0.3, -0.25) is 0 Å². The van der Waals surface area contributed by atoms with Crippen LogP contribution in [-0.4, -0.2) is 33.7 Å². The normalized spacial score (nSPS) is 28.4. The minimum Gasteiger partial charge on any atom is -0.392 e. The minimum absolute atomic E-state index is 0.0762. The van der Waals surface area contributed by atoms with Gasteiger partial charge in [0.15, 0.2) is 0 Å². The van der Waals surface area contributed by atoms with Crippen LogP contribution in [0.5, 0.6) is 0 Å². The molecule has 0 spiro atoms. The van der Waals surface area contributed by atoms with Crippen molar-refractivity contribution in [2.45, 2.75) is 38.0 Å². The molecule has 1 fully saturated rings. The van der Waals surface area contributed by atoms with Gasteiger partial charge in [0.25, 0.3) is 0 Å². The van der Waals surface area contributed by atoms with Gasteiger partial charge in [0.2, 0.25) is 0 Å². The summed E-state index contributed by atoms with van der Waals surface area (Å²) in [6, 6.07) is 0. The van der Waals surface area contributed by atoms with E-state index in [-0.39, 0.29) is 6.10 Å². The van der Waals surface area contributed by atoms with E-state index in [9.17, 15) is 5.11 Å². The van der Waals surface area contributed by atoms with Gasteiger partial charge in [-0.05, 0) is 12.3 Å². The molecule has 1 nitrogen and oxygen atoms in total. The summed E-state index contributed by atoms with van der Waals surface area (Å²) in [4.78, 5) is 0. The quantitative estimate of drug-likeness (QED) is 0.786. The van der Waals surface area contributed by atoms with Gasteiger partial charge in [-0.1, -0.05) is 20.3 Å². The summed E-state index contributed by atoms with van der Waals surface area (Å²) >= 11 is 3.94. The summed E-state index contributed by atoms with van der Waals surface area (Å²) in [5, 5.41) is 10.4. The number of aliphatic hydroxyl groups is 1. The van der Waals surface area contributed by atoms with E-state index in [1.807, 2.05) is 23.5 Å². The van der Waals surface area contributed by atoms with Crippen LogP contribution in [0.25, 0.3) is 0 Å². The number of rotatable bonds is 4. The van der Waals surface area contributed by atoms with E-state index in [1.165, 1.54) is 17.9 Å². The molecule has 1 aliphatic rings. The highest BCUT2D eigenvalue weighted by molar-refractivity contribution is 8.06. The third kappa shape index (κ3) is 4.13. The van der Waals surface area contributed by atoms with Crippen molar-refractivity contribution >= 4 is 23.5 Å². The first kappa shape index (κ1) is 11.7. The molecule has 0 aromatic rings. The van der Waals surface area contributed by atoms with Crippen molar-refractivity contribution in [1.82, 2.24) is 0 Å². The number of thioether (sulfide) groups is 2. The highest BCUT2D eigenvalue weighted by atomic mass is 32.2. The van der Waals surface area contributed by atoms with Gasteiger partial charge in [0.05, 0.1) is 6.10 Å². The number of hydrogen-bond acceptors (Lipinski definition) is 3. The largest absolute Gasteiger partial charge is 0.392 e. The lowest BCUT2D eigenvalue weighted by Gasteiger charge is -2.27. The highest BCUT2D eigenvalue weighted by Crippen LogP contribution is 2.29. The molecular formula is C10H20OS2. The molecule has 1 aliphatic heterocycles. The molecule has 13 heavy (non-hydrogen) atoms. The Bertz CT molecular complexity index is 135. The molecule has 0 saturated carbocycles. The Balaban J connectivity index is 2.24. The predicted molar refractivity (Wildman–Crippen MR) is 63.6 cm³/mol. The first-order valence-corrected chi connectivity index (χ1v) is 7.31. The van der Waals surface area contributed by atoms with Crippen LogP contribution in [0, 0.1) is 5.92 Å². The number of aliphatic hydroxyl groups excluding tert-OH is 1. The van der Waals surface area contributed by atoms with Crippen LogP contribution >= 0.6 is 23.5 Å². The van der Waals surface area contributed by atoms with Crippen molar-refractivity contribution in [1.29, 1.82) is 0 Å². The van der Waals surface area contributed by atoms with Crippen LogP contribution < -0.4 is 0 Å². The first-order chi connectivity index (χ1) is 6.24. The molecule has 1 N–H and O–H groups in total. The van der Waals surface area contributed by atoms with Crippen molar-refractivity contribution < 1.29 is 5.11 Å². The first-order valence-electron chi connectivity index (χ1n) is 5.11. The van der Waals surface area contributed by atoms with Gasteiger partial charge >= 0.3 is 0 Å². The smallest absolute Gasteiger partial charge is 0.0669 e. The van der Waals surface area contributed by atoms with E-state index in [2.05, 4.69) is 13.8 Å². The SMILES string of the molecule is CCC(C)CC(O)C1CSCCS1. The van der Waals surface area contributed by atoms with Crippen LogP contribution in [-0.2, 0) is 0 Å². The Morgan fingerprint density at radius 1 is 1.46 bits per heavy atom. The maximum atomic E-state index is 9.94. The fourth-order valence-corrected chi connectivity index (χ4v) is 4.25. The zero-order valence-corrected chi connectivity index (χ0v) is 10.2. The molecule has 0 bridgehead atoms. The molecule has 1 heterocycles. The maximum Gasteiger partial charge on any atom is 0.0669 e. The van der Waals surface area contributed by atoms with Crippen molar-refractivity contribution in [2.75, 3.05) is 17.3 Å². The second-order valence-electron chi connectivity index (χ2n) is 3.80. The van der Waals surface area contributed by atoms with Crippen LogP contribution in [0.1, 0.15) is 26.7 Å². The van der Waals surface area contributed by atoms with Crippen molar-refractivity contribution in [3.63, 3.8) is 0 Å². The van der Waals surface area contributed by atoms with E-state index < -0.39 is 0 Å². The standard InChI is InChI=1S/C10H20OS2/c1-3-8(2)6-9(11)10-7-12-4-5-13-10/h8-11H,3-7H2,1-2H3. The Labute approximate surface area is 90.1 Å². The number of hydrogen-bond donors (Lipinski definition) is 1. The van der Waals surface area contributed by atoms with Gasteiger partial charge in [0.1, 0.15) is 0 Å². The topological polar surface area (TPSA) is 20.2 Å². The van der Waals surface area contributed by atoms with Gasteiger partial charge in [-0.15, -0.1) is 0 Å². The van der Waals surface area contributed by atoms with E-state index in [1.54, 1.807) is 0 Å². The van der Waals surface area contributed by atoms with Crippen molar-refractivity contribution in [2.24, 2.45) is 5.92 Å². The maximum absolute atomic E-state index is 9.94. The summed E-state index contributed by atoms with van der Waals surface area (Å²) in [7, 11) is 0. The summed E-state index contributed by atoms with van der Waals surface area (Å²) in [6.45, 7) is 4.42.